The fourth-order valence-electron chi connectivity index (χ4n) is 7.36. The third kappa shape index (κ3) is 8.03. The number of fused-ring (bicyclic) bond motifs is 5. The summed E-state index contributed by atoms with van der Waals surface area (Å²) >= 11 is 0. The molecule has 2 nitrogen and oxygen atoms in total. The standard InChI is InChI=1S/C50H50N2.CH3.Hf/c1-31-16-13-17-32(2)47(31)52-48(46-23-15-22-45(51-46)42-21-14-19-35-18-11-12-20-41(35)42)44-29-38-28-39(49(5,6)7)26-36(33(38)3)24-25-37-27-40(50(8,9)10)30-43(44)34(37)4;;/h11-20,22-30,48H,1-10H3;1H3;/q-2;-1;. The van der Waals surface area contributed by atoms with Crippen molar-refractivity contribution in [2.45, 2.75) is 86.1 Å². The first kappa shape index (κ1) is 40.8. The molecule has 1 heterocycles. The zero-order chi connectivity index (χ0) is 36.9. The molecule has 0 saturated carbocycles. The van der Waals surface area contributed by atoms with Gasteiger partial charge in [0.1, 0.15) is 0 Å². The van der Waals surface area contributed by atoms with Crippen molar-refractivity contribution in [3.05, 3.63) is 179 Å². The van der Waals surface area contributed by atoms with Crippen molar-refractivity contribution >= 4 is 38.0 Å². The van der Waals surface area contributed by atoms with E-state index in [-0.39, 0.29) is 50.1 Å². The molecule has 1 unspecified atom stereocenters. The van der Waals surface area contributed by atoms with Crippen LogP contribution in [0.5, 0.6) is 0 Å². The summed E-state index contributed by atoms with van der Waals surface area (Å²) in [7, 11) is 0. The van der Waals surface area contributed by atoms with E-state index >= 15 is 0 Å². The molecule has 0 aliphatic heterocycles. The molecule has 6 aromatic carbocycles. The van der Waals surface area contributed by atoms with Crippen LogP contribution >= 0.6 is 0 Å². The summed E-state index contributed by atoms with van der Waals surface area (Å²) in [6.07, 6.45) is 0. The summed E-state index contributed by atoms with van der Waals surface area (Å²) in [5.74, 6) is 0. The molecule has 0 aliphatic rings. The van der Waals surface area contributed by atoms with Gasteiger partial charge in [-0.05, 0) is 106 Å². The Balaban J connectivity index is 0.00000280. The van der Waals surface area contributed by atoms with Gasteiger partial charge >= 0.3 is 0 Å². The van der Waals surface area contributed by atoms with Gasteiger partial charge in [-0.3, -0.25) is 0 Å². The third-order valence-corrected chi connectivity index (χ3v) is 10.8. The van der Waals surface area contributed by atoms with Crippen LogP contribution in [0.3, 0.4) is 0 Å². The van der Waals surface area contributed by atoms with E-state index in [0.717, 1.165) is 44.7 Å². The molecule has 1 atom stereocenters. The zero-order valence-corrected chi connectivity index (χ0v) is 37.5. The second kappa shape index (κ2) is 15.8. The van der Waals surface area contributed by atoms with E-state index in [4.69, 9.17) is 10.3 Å². The second-order valence-electron chi connectivity index (χ2n) is 16.6. The average molecular weight is 872 g/mol. The second-order valence-corrected chi connectivity index (χ2v) is 16.6. The monoisotopic (exact) mass is 873 g/mol. The van der Waals surface area contributed by atoms with Crippen LogP contribution < -0.4 is 0 Å². The molecule has 0 radical (unpaired) electrons. The molecule has 0 amide bonds. The first-order valence-corrected chi connectivity index (χ1v) is 18.5. The van der Waals surface area contributed by atoms with Crippen molar-refractivity contribution in [3.8, 4) is 11.3 Å². The zero-order valence-electron chi connectivity index (χ0n) is 33.9. The van der Waals surface area contributed by atoms with E-state index < -0.39 is 0 Å². The number of aryl methyl sites for hydroxylation is 4. The van der Waals surface area contributed by atoms with E-state index in [9.17, 15) is 0 Å². The fraction of sp³-hybridized carbons (Fsp3) is 0.255. The molecule has 0 saturated heterocycles. The van der Waals surface area contributed by atoms with Crippen LogP contribution in [-0.4, -0.2) is 4.98 Å². The molecular formula is C51H53HfN2-3. The molecule has 3 heteroatoms. The molecule has 1 aromatic heterocycles. The van der Waals surface area contributed by atoms with E-state index in [1.807, 2.05) is 6.07 Å². The Morgan fingerprint density at radius 1 is 0.574 bits per heavy atom. The van der Waals surface area contributed by atoms with Crippen LogP contribution in [-0.2, 0) is 36.7 Å². The molecule has 0 aliphatic carbocycles. The van der Waals surface area contributed by atoms with Gasteiger partial charge < -0.3 is 17.7 Å². The van der Waals surface area contributed by atoms with Gasteiger partial charge in [0.25, 0.3) is 0 Å². The molecule has 54 heavy (non-hydrogen) atoms. The maximum absolute atomic E-state index is 5.74. The predicted octanol–water partition coefficient (Wildman–Crippen LogP) is 14.6. The average Bonchev–Trinajstić information content (AvgIpc) is 3.10. The number of benzene rings is 5. The number of hydrogen-bond acceptors (Lipinski definition) is 1. The van der Waals surface area contributed by atoms with E-state index in [0.29, 0.717) is 0 Å². The first-order chi connectivity index (χ1) is 24.7. The van der Waals surface area contributed by atoms with Crippen LogP contribution in [0.15, 0.2) is 115 Å². The number of pyridine rings is 1. The number of rotatable bonds is 5. The van der Waals surface area contributed by atoms with Crippen molar-refractivity contribution in [2.24, 2.45) is 0 Å². The third-order valence-electron chi connectivity index (χ3n) is 10.8. The molecule has 4 bridgehead atoms. The van der Waals surface area contributed by atoms with Gasteiger partial charge in [-0.15, -0.1) is 34.8 Å². The maximum atomic E-state index is 5.74. The van der Waals surface area contributed by atoms with Gasteiger partial charge in [0.15, 0.2) is 0 Å². The van der Waals surface area contributed by atoms with Crippen LogP contribution in [0, 0.1) is 41.2 Å². The van der Waals surface area contributed by atoms with Gasteiger partial charge in [0.2, 0.25) is 0 Å². The molecular weight excluding hydrogens is 819 g/mol. The molecule has 0 fully saturated rings. The molecule has 7 rings (SSSR count). The van der Waals surface area contributed by atoms with Crippen molar-refractivity contribution in [1.82, 2.24) is 4.98 Å². The van der Waals surface area contributed by atoms with E-state index in [1.165, 1.54) is 49.2 Å². The van der Waals surface area contributed by atoms with Crippen molar-refractivity contribution in [3.63, 3.8) is 0 Å². The topological polar surface area (TPSA) is 27.0 Å². The first-order valence-electron chi connectivity index (χ1n) is 18.5. The van der Waals surface area contributed by atoms with Crippen LogP contribution in [0.25, 0.3) is 48.9 Å². The van der Waals surface area contributed by atoms with Gasteiger partial charge in [0.05, 0.1) is 0 Å². The van der Waals surface area contributed by atoms with Crippen LogP contribution in [0.2, 0.25) is 0 Å². The normalized spacial score (nSPS) is 12.3. The Bertz CT molecular complexity index is 2490. The SMILES string of the molecule is Cc1cccc(C)c1[N-]C(c1cccc(-c2[c-]ccc3ccccc23)n1)c1cc2cc(C(C)(C)C)cc(ccc3cc(C(C)(C)C)cc1c3C)c2C.[CH3-].[Hf]. The molecule has 7 aromatic rings. The number of nitrogens with zero attached hydrogens (tertiary/aromatic N) is 2. The Kier molecular flexibility index (Phi) is 11.9. The van der Waals surface area contributed by atoms with Gasteiger partial charge in [-0.25, -0.2) is 0 Å². The number of hydrogen-bond donors (Lipinski definition) is 0. The van der Waals surface area contributed by atoms with Gasteiger partial charge in [-0.1, -0.05) is 155 Å². The number of aromatic nitrogens is 1. The smallest absolute Gasteiger partial charge is 0.0196 e. The summed E-state index contributed by atoms with van der Waals surface area (Å²) in [5.41, 5.74) is 12.3. The summed E-state index contributed by atoms with van der Waals surface area (Å²) in [4.78, 5) is 5.49. The van der Waals surface area contributed by atoms with Crippen molar-refractivity contribution in [2.75, 3.05) is 0 Å². The van der Waals surface area contributed by atoms with E-state index in [1.54, 1.807) is 0 Å². The molecule has 0 spiro atoms. The minimum Gasteiger partial charge on any atom is -0.673 e. The predicted molar refractivity (Wildman–Crippen MR) is 230 cm³/mol. The number of para-hydroxylation sites is 1. The van der Waals surface area contributed by atoms with Gasteiger partial charge in [0, 0.05) is 31.5 Å². The fourth-order valence-corrected chi connectivity index (χ4v) is 7.36. The minimum atomic E-state index is -0.388. The Morgan fingerprint density at radius 3 is 1.83 bits per heavy atom. The maximum Gasteiger partial charge on any atom is 0.0196 e. The Labute approximate surface area is 342 Å². The van der Waals surface area contributed by atoms with Crippen molar-refractivity contribution in [1.29, 1.82) is 0 Å². The summed E-state index contributed by atoms with van der Waals surface area (Å²) in [6.45, 7) is 22.7. The summed E-state index contributed by atoms with van der Waals surface area (Å²) < 4.78 is 0. The van der Waals surface area contributed by atoms with Crippen LogP contribution in [0.4, 0.5) is 5.69 Å². The summed E-state index contributed by atoms with van der Waals surface area (Å²) in [6, 6.07) is 45.2. The largest absolute Gasteiger partial charge is 0.673 e. The minimum absolute atomic E-state index is 0. The van der Waals surface area contributed by atoms with Crippen molar-refractivity contribution < 1.29 is 25.8 Å². The Hall–Kier alpha value is -4.34. The quantitative estimate of drug-likeness (QED) is 0.125. The molecule has 0 N–H and O–H groups in total. The Morgan fingerprint density at radius 2 is 1.17 bits per heavy atom. The van der Waals surface area contributed by atoms with E-state index in [2.05, 4.69) is 184 Å². The van der Waals surface area contributed by atoms with Gasteiger partial charge in [-0.2, -0.15) is 0 Å². The molecule has 274 valence electrons. The van der Waals surface area contributed by atoms with Crippen LogP contribution in [0.1, 0.15) is 92.2 Å². The summed E-state index contributed by atoms with van der Waals surface area (Å²) in [5, 5.41) is 13.0.